The standard InChI is InChI=1S/C40H27Cl2N5O5S3/c1-21-6-4-5-7-28(21)36(48)43-25-11-14-32-35(18-25)55-39(44-32)54-34-15-10-24(17-33(34)47(51)52)16-29-37(49)45(26-12-8-22(2)30(41)19-26)40(53)46(38(29)50)27-13-9-23(3)31(42)20-27/h4-20H,1-3H3,(H,43,48). The summed E-state index contributed by atoms with van der Waals surface area (Å²) >= 11 is 21.0. The number of rotatable bonds is 8. The zero-order chi connectivity index (χ0) is 39.1. The van der Waals surface area contributed by atoms with E-state index in [0.717, 1.165) is 33.2 Å². The van der Waals surface area contributed by atoms with Crippen LogP contribution in [0.4, 0.5) is 22.7 Å². The van der Waals surface area contributed by atoms with Gasteiger partial charge in [0.15, 0.2) is 9.45 Å². The number of nitrogens with one attached hydrogen (secondary N) is 1. The van der Waals surface area contributed by atoms with Crippen LogP contribution in [0.1, 0.15) is 32.6 Å². The minimum Gasteiger partial charge on any atom is -0.322 e. The molecule has 1 aliphatic rings. The monoisotopic (exact) mass is 823 g/mol. The molecule has 1 saturated heterocycles. The average Bonchev–Trinajstić information content (AvgIpc) is 3.55. The zero-order valence-corrected chi connectivity index (χ0v) is 33.1. The maximum absolute atomic E-state index is 14.1. The molecule has 6 aromatic rings. The zero-order valence-electron chi connectivity index (χ0n) is 29.1. The maximum Gasteiger partial charge on any atom is 0.283 e. The Morgan fingerprint density at radius 1 is 0.855 bits per heavy atom. The molecule has 55 heavy (non-hydrogen) atoms. The number of thiazole rings is 1. The third kappa shape index (κ3) is 7.62. The van der Waals surface area contributed by atoms with Crippen LogP contribution in [0.25, 0.3) is 16.3 Å². The SMILES string of the molecule is Cc1ccc(N2C(=O)C(=Cc3ccc(Sc4nc5ccc(NC(=O)c6ccccc6C)cc5s4)c([N+](=O)[O-])c3)C(=O)N(c3ccc(C)c(Cl)c3)C2=S)cc1Cl. The molecule has 0 saturated carbocycles. The molecule has 7 rings (SSSR count). The smallest absolute Gasteiger partial charge is 0.283 e. The molecule has 274 valence electrons. The summed E-state index contributed by atoms with van der Waals surface area (Å²) in [4.78, 5) is 60.3. The van der Waals surface area contributed by atoms with Crippen LogP contribution in [0.15, 0.2) is 112 Å². The highest BCUT2D eigenvalue weighted by molar-refractivity contribution is 8.01. The Kier molecular flexibility index (Phi) is 10.6. The number of carbonyl (C=O) groups is 3. The number of aryl methyl sites for hydroxylation is 3. The van der Waals surface area contributed by atoms with Gasteiger partial charge in [0.25, 0.3) is 23.4 Å². The van der Waals surface area contributed by atoms with Crippen LogP contribution in [-0.2, 0) is 9.59 Å². The molecule has 3 amide bonds. The van der Waals surface area contributed by atoms with Crippen molar-refractivity contribution >= 4 is 120 Å². The van der Waals surface area contributed by atoms with Crippen LogP contribution >= 0.6 is 58.5 Å². The number of fused-ring (bicyclic) bond motifs is 1. The van der Waals surface area contributed by atoms with E-state index in [1.807, 2.05) is 39.0 Å². The predicted molar refractivity (Wildman–Crippen MR) is 224 cm³/mol. The van der Waals surface area contributed by atoms with Crippen molar-refractivity contribution in [1.82, 2.24) is 4.98 Å². The van der Waals surface area contributed by atoms with Crippen LogP contribution < -0.4 is 15.1 Å². The number of hydrogen-bond acceptors (Lipinski definition) is 9. The number of thiocarbonyl (C=S) groups is 1. The molecule has 0 spiro atoms. The Hall–Kier alpha value is -5.44. The van der Waals surface area contributed by atoms with E-state index in [1.54, 1.807) is 72.8 Å². The number of aromatic nitrogens is 1. The van der Waals surface area contributed by atoms with Gasteiger partial charge in [-0.2, -0.15) is 0 Å². The van der Waals surface area contributed by atoms with Crippen molar-refractivity contribution in [1.29, 1.82) is 0 Å². The van der Waals surface area contributed by atoms with E-state index in [-0.39, 0.29) is 27.8 Å². The van der Waals surface area contributed by atoms with E-state index in [1.165, 1.54) is 33.3 Å². The predicted octanol–water partition coefficient (Wildman–Crippen LogP) is 10.6. The van der Waals surface area contributed by atoms with Gasteiger partial charge in [-0.25, -0.2) is 4.98 Å². The van der Waals surface area contributed by atoms with Gasteiger partial charge in [-0.15, -0.1) is 11.3 Å². The molecule has 1 fully saturated rings. The summed E-state index contributed by atoms with van der Waals surface area (Å²) in [5.41, 5.74) is 4.60. The second-order valence-electron chi connectivity index (χ2n) is 12.5. The highest BCUT2D eigenvalue weighted by atomic mass is 35.5. The first-order valence-electron chi connectivity index (χ1n) is 16.5. The van der Waals surface area contributed by atoms with E-state index in [0.29, 0.717) is 47.4 Å². The summed E-state index contributed by atoms with van der Waals surface area (Å²) in [5.74, 6) is -1.69. The van der Waals surface area contributed by atoms with Crippen LogP contribution in [0.5, 0.6) is 0 Å². The van der Waals surface area contributed by atoms with Gasteiger partial charge in [-0.05, 0) is 116 Å². The van der Waals surface area contributed by atoms with Crippen LogP contribution in [-0.4, -0.2) is 32.7 Å². The lowest BCUT2D eigenvalue weighted by Crippen LogP contribution is -2.57. The van der Waals surface area contributed by atoms with Crippen LogP contribution in [0.2, 0.25) is 10.0 Å². The van der Waals surface area contributed by atoms with Gasteiger partial charge < -0.3 is 5.32 Å². The van der Waals surface area contributed by atoms with E-state index in [2.05, 4.69) is 10.3 Å². The maximum atomic E-state index is 14.1. The van der Waals surface area contributed by atoms with Crippen LogP contribution in [0.3, 0.4) is 0 Å². The molecular weight excluding hydrogens is 798 g/mol. The van der Waals surface area contributed by atoms with E-state index in [4.69, 9.17) is 35.4 Å². The number of amides is 3. The van der Waals surface area contributed by atoms with Crippen molar-refractivity contribution in [3.05, 3.63) is 151 Å². The number of anilines is 3. The average molecular weight is 825 g/mol. The van der Waals surface area contributed by atoms with Crippen LogP contribution in [0, 0.1) is 30.9 Å². The molecular formula is C40H27Cl2N5O5S3. The van der Waals surface area contributed by atoms with Gasteiger partial charge in [-0.1, -0.05) is 71.4 Å². The third-order valence-electron chi connectivity index (χ3n) is 8.78. The highest BCUT2D eigenvalue weighted by Crippen LogP contribution is 2.40. The summed E-state index contributed by atoms with van der Waals surface area (Å²) in [5, 5.41) is 16.0. The molecule has 0 bridgehead atoms. The number of nitro benzene ring substituents is 1. The lowest BCUT2D eigenvalue weighted by atomic mass is 10.0. The largest absolute Gasteiger partial charge is 0.322 e. The van der Waals surface area contributed by atoms with Crippen molar-refractivity contribution in [3.63, 3.8) is 0 Å². The van der Waals surface area contributed by atoms with Gasteiger partial charge in [-0.3, -0.25) is 34.3 Å². The fourth-order valence-corrected chi connectivity index (χ4v) is 8.67. The summed E-state index contributed by atoms with van der Waals surface area (Å²) in [7, 11) is 0. The van der Waals surface area contributed by atoms with Crippen molar-refractivity contribution in [3.8, 4) is 0 Å². The molecule has 1 N–H and O–H groups in total. The van der Waals surface area contributed by atoms with E-state index in [9.17, 15) is 24.5 Å². The lowest BCUT2D eigenvalue weighted by molar-refractivity contribution is -0.387. The fourth-order valence-electron chi connectivity index (χ4n) is 5.79. The lowest BCUT2D eigenvalue weighted by Gasteiger charge is -2.36. The summed E-state index contributed by atoms with van der Waals surface area (Å²) in [6.45, 7) is 5.50. The number of nitro groups is 1. The molecule has 1 aromatic heterocycles. The Bertz CT molecular complexity index is 2590. The summed E-state index contributed by atoms with van der Waals surface area (Å²) in [6.07, 6.45) is 1.31. The topological polar surface area (TPSA) is 126 Å². The molecule has 0 aliphatic carbocycles. The normalized spacial score (nSPS) is 13.1. The number of benzene rings is 5. The molecule has 1 aliphatic heterocycles. The number of carbonyl (C=O) groups excluding carboxylic acids is 3. The van der Waals surface area contributed by atoms with Crippen molar-refractivity contribution < 1.29 is 19.3 Å². The first-order chi connectivity index (χ1) is 26.3. The second-order valence-corrected chi connectivity index (χ2v) is 16.0. The third-order valence-corrected chi connectivity index (χ3v) is 12.1. The first kappa shape index (κ1) is 37.9. The molecule has 5 aromatic carbocycles. The molecule has 0 radical (unpaired) electrons. The molecule has 0 unspecified atom stereocenters. The fraction of sp³-hybridized carbons (Fsp3) is 0.0750. The minimum absolute atomic E-state index is 0.110. The molecule has 0 atom stereocenters. The summed E-state index contributed by atoms with van der Waals surface area (Å²) < 4.78 is 1.32. The summed E-state index contributed by atoms with van der Waals surface area (Å²) in [6, 6.07) is 27.0. The van der Waals surface area contributed by atoms with Gasteiger partial charge >= 0.3 is 0 Å². The highest BCUT2D eigenvalue weighted by Gasteiger charge is 2.41. The quantitative estimate of drug-likeness (QED) is 0.0529. The Morgan fingerprint density at radius 2 is 1.49 bits per heavy atom. The van der Waals surface area contributed by atoms with Crippen molar-refractivity contribution in [2.24, 2.45) is 0 Å². The Labute approximate surface area is 338 Å². The van der Waals surface area contributed by atoms with E-state index < -0.39 is 16.7 Å². The molecule has 10 nitrogen and oxygen atoms in total. The number of halogens is 2. The van der Waals surface area contributed by atoms with E-state index >= 15 is 0 Å². The van der Waals surface area contributed by atoms with Gasteiger partial charge in [0, 0.05) is 27.4 Å². The Balaban J connectivity index is 1.21. The Morgan fingerprint density at radius 3 is 2.09 bits per heavy atom. The second kappa shape index (κ2) is 15.4. The van der Waals surface area contributed by atoms with Gasteiger partial charge in [0.05, 0.1) is 31.4 Å². The first-order valence-corrected chi connectivity index (χ1v) is 19.3. The number of nitrogens with zero attached hydrogens (tertiary/aromatic N) is 4. The minimum atomic E-state index is -0.727. The number of hydrogen-bond donors (Lipinski definition) is 1. The van der Waals surface area contributed by atoms with Gasteiger partial charge in [0.2, 0.25) is 0 Å². The molecule has 2 heterocycles. The van der Waals surface area contributed by atoms with Gasteiger partial charge in [0.1, 0.15) is 5.57 Å². The van der Waals surface area contributed by atoms with Crippen molar-refractivity contribution in [2.75, 3.05) is 15.1 Å². The van der Waals surface area contributed by atoms with Crippen molar-refractivity contribution in [2.45, 2.75) is 30.0 Å². The molecule has 15 heteroatoms.